The fraction of sp³-hybridized carbons (Fsp3) is 0.579. The molecule has 16 heteroatoms. The molecule has 54 heavy (non-hydrogen) atoms. The van der Waals surface area contributed by atoms with Crippen LogP contribution in [0.3, 0.4) is 0 Å². The van der Waals surface area contributed by atoms with Gasteiger partial charge in [0.2, 0.25) is 3.79 Å². The number of rotatable bonds is 11. The SMILES string of the molecule is C[C@H](NC(=O)[C@@H](OC(=O)C(C)(C)/C=C/c1ccc2ccc([C@@H](C)NC(=O)OC(C)(C)C)nc2c1)C(C)(C)C)C(=O)N1CCC[C@@H](C(=O)OCC(Cl)(Cl)Cl)N1. The van der Waals surface area contributed by atoms with E-state index in [1.54, 1.807) is 67.5 Å². The summed E-state index contributed by atoms with van der Waals surface area (Å²) in [5.41, 5.74) is 2.32. The van der Waals surface area contributed by atoms with Gasteiger partial charge < -0.3 is 24.8 Å². The quantitative estimate of drug-likeness (QED) is 0.126. The van der Waals surface area contributed by atoms with Crippen molar-refractivity contribution < 1.29 is 38.2 Å². The maximum absolute atomic E-state index is 13.6. The van der Waals surface area contributed by atoms with Crippen molar-refractivity contribution in [3.8, 4) is 0 Å². The van der Waals surface area contributed by atoms with Crippen molar-refractivity contribution >= 4 is 81.6 Å². The zero-order valence-electron chi connectivity index (χ0n) is 32.5. The number of aromatic nitrogens is 1. The van der Waals surface area contributed by atoms with Crippen LogP contribution in [0.15, 0.2) is 36.4 Å². The van der Waals surface area contributed by atoms with Crippen molar-refractivity contribution in [1.29, 1.82) is 0 Å². The monoisotopic (exact) mass is 811 g/mol. The number of benzene rings is 1. The highest BCUT2D eigenvalue weighted by Crippen LogP contribution is 2.29. The van der Waals surface area contributed by atoms with E-state index in [0.717, 1.165) is 10.9 Å². The summed E-state index contributed by atoms with van der Waals surface area (Å²) in [5, 5.41) is 7.60. The van der Waals surface area contributed by atoms with Gasteiger partial charge in [-0.3, -0.25) is 29.2 Å². The summed E-state index contributed by atoms with van der Waals surface area (Å²) in [6.07, 6.45) is 2.56. The van der Waals surface area contributed by atoms with Crippen LogP contribution in [0.1, 0.15) is 99.4 Å². The van der Waals surface area contributed by atoms with Gasteiger partial charge in [-0.25, -0.2) is 10.2 Å². The molecular formula is C38H52Cl3N5O8. The first-order chi connectivity index (χ1) is 24.8. The van der Waals surface area contributed by atoms with Crippen LogP contribution >= 0.6 is 34.8 Å². The largest absolute Gasteiger partial charge is 0.460 e. The lowest BCUT2D eigenvalue weighted by Gasteiger charge is -2.35. The molecule has 2 aromatic rings. The number of fused-ring (bicyclic) bond motifs is 1. The second-order valence-electron chi connectivity index (χ2n) is 16.0. The molecule has 3 rings (SSSR count). The molecule has 0 radical (unpaired) electrons. The first-order valence-electron chi connectivity index (χ1n) is 17.7. The number of nitrogens with zero attached hydrogens (tertiary/aromatic N) is 2. The Bertz CT molecular complexity index is 1730. The number of carbonyl (C=O) groups is 5. The van der Waals surface area contributed by atoms with E-state index in [2.05, 4.69) is 16.1 Å². The summed E-state index contributed by atoms with van der Waals surface area (Å²) < 4.78 is 14.5. The van der Waals surface area contributed by atoms with Crippen molar-refractivity contribution in [2.24, 2.45) is 10.8 Å². The van der Waals surface area contributed by atoms with Crippen molar-refractivity contribution in [2.75, 3.05) is 13.2 Å². The van der Waals surface area contributed by atoms with E-state index < -0.39 is 80.9 Å². The van der Waals surface area contributed by atoms with Crippen molar-refractivity contribution in [3.63, 3.8) is 0 Å². The fourth-order valence-corrected chi connectivity index (χ4v) is 5.43. The lowest BCUT2D eigenvalue weighted by Crippen LogP contribution is -2.60. The Labute approximate surface area is 332 Å². The molecule has 298 valence electrons. The van der Waals surface area contributed by atoms with Gasteiger partial charge in [0.05, 0.1) is 22.7 Å². The zero-order chi connectivity index (χ0) is 40.8. The molecule has 3 N–H and O–H groups in total. The maximum atomic E-state index is 13.6. The van der Waals surface area contributed by atoms with Crippen LogP contribution in [0.4, 0.5) is 4.79 Å². The summed E-state index contributed by atoms with van der Waals surface area (Å²) in [4.78, 5) is 69.9. The number of esters is 2. The van der Waals surface area contributed by atoms with Crippen LogP contribution in [0.2, 0.25) is 0 Å². The lowest BCUT2D eigenvalue weighted by atomic mass is 9.87. The van der Waals surface area contributed by atoms with Crippen LogP contribution in [-0.4, -0.2) is 80.6 Å². The molecule has 0 unspecified atom stereocenters. The Morgan fingerprint density at radius 3 is 2.24 bits per heavy atom. The molecule has 2 heterocycles. The first kappa shape index (κ1) is 44.7. The summed E-state index contributed by atoms with van der Waals surface area (Å²) in [6.45, 7) is 17.1. The van der Waals surface area contributed by atoms with Crippen molar-refractivity contribution in [1.82, 2.24) is 26.1 Å². The minimum atomic E-state index is -1.78. The number of pyridine rings is 1. The molecule has 4 atom stereocenters. The van der Waals surface area contributed by atoms with Gasteiger partial charge in [-0.05, 0) is 79.0 Å². The maximum Gasteiger partial charge on any atom is 0.408 e. The van der Waals surface area contributed by atoms with Gasteiger partial charge in [0.1, 0.15) is 24.3 Å². The van der Waals surface area contributed by atoms with E-state index in [9.17, 15) is 24.0 Å². The molecule has 13 nitrogen and oxygen atoms in total. The molecule has 1 aromatic carbocycles. The second kappa shape index (κ2) is 17.9. The van der Waals surface area contributed by atoms with Gasteiger partial charge in [-0.15, -0.1) is 0 Å². The fourth-order valence-electron chi connectivity index (χ4n) is 5.26. The molecule has 3 amide bonds. The molecule has 1 saturated heterocycles. The highest BCUT2D eigenvalue weighted by Gasteiger charge is 2.40. The number of hydrogen-bond donors (Lipinski definition) is 3. The third kappa shape index (κ3) is 13.6. The first-order valence-corrected chi connectivity index (χ1v) is 18.8. The minimum absolute atomic E-state index is 0.282. The van der Waals surface area contributed by atoms with Gasteiger partial charge in [-0.2, -0.15) is 0 Å². The second-order valence-corrected chi connectivity index (χ2v) is 18.5. The number of alkyl carbamates (subject to hydrolysis) is 1. The summed E-state index contributed by atoms with van der Waals surface area (Å²) >= 11 is 17.0. The van der Waals surface area contributed by atoms with Crippen LogP contribution in [0.25, 0.3) is 17.0 Å². The highest BCUT2D eigenvalue weighted by atomic mass is 35.6. The zero-order valence-corrected chi connectivity index (χ0v) is 34.7. The molecule has 0 spiro atoms. The van der Waals surface area contributed by atoms with Gasteiger partial charge in [0.15, 0.2) is 6.10 Å². The average Bonchev–Trinajstić information content (AvgIpc) is 3.05. The molecule has 1 aromatic heterocycles. The molecular weight excluding hydrogens is 761 g/mol. The number of amides is 3. The van der Waals surface area contributed by atoms with Crippen LogP contribution in [0, 0.1) is 10.8 Å². The number of carbonyl (C=O) groups excluding carboxylic acids is 5. The normalized spacial score (nSPS) is 17.4. The third-order valence-corrected chi connectivity index (χ3v) is 8.55. The topological polar surface area (TPSA) is 165 Å². The van der Waals surface area contributed by atoms with E-state index in [1.807, 2.05) is 37.3 Å². The van der Waals surface area contributed by atoms with Gasteiger partial charge in [-0.1, -0.05) is 85.9 Å². The number of hydrogen-bond acceptors (Lipinski definition) is 10. The predicted octanol–water partition coefficient (Wildman–Crippen LogP) is 6.73. The molecule has 1 aliphatic heterocycles. The third-order valence-electron chi connectivity index (χ3n) is 8.23. The molecule has 0 bridgehead atoms. The van der Waals surface area contributed by atoms with Crippen LogP contribution < -0.4 is 16.1 Å². The van der Waals surface area contributed by atoms with Crippen molar-refractivity contribution in [2.45, 2.75) is 116 Å². The number of nitrogens with one attached hydrogen (secondary N) is 3. The summed E-state index contributed by atoms with van der Waals surface area (Å²) in [6, 6.07) is 7.13. The van der Waals surface area contributed by atoms with Crippen LogP contribution in [0.5, 0.6) is 0 Å². The van der Waals surface area contributed by atoms with Gasteiger partial charge in [0.25, 0.3) is 11.8 Å². The number of alkyl halides is 3. The predicted molar refractivity (Wildman–Crippen MR) is 208 cm³/mol. The lowest BCUT2D eigenvalue weighted by molar-refractivity contribution is -0.169. The highest BCUT2D eigenvalue weighted by molar-refractivity contribution is 6.67. The molecule has 0 aliphatic carbocycles. The minimum Gasteiger partial charge on any atom is -0.460 e. The van der Waals surface area contributed by atoms with Gasteiger partial charge >= 0.3 is 18.0 Å². The smallest absolute Gasteiger partial charge is 0.408 e. The van der Waals surface area contributed by atoms with E-state index in [1.165, 1.54) is 11.9 Å². The number of ether oxygens (including phenoxy) is 3. The van der Waals surface area contributed by atoms with Gasteiger partial charge in [0, 0.05) is 17.3 Å². The summed E-state index contributed by atoms with van der Waals surface area (Å²) in [5.74, 6) is -2.49. The number of halogens is 3. The average molecular weight is 813 g/mol. The van der Waals surface area contributed by atoms with E-state index in [4.69, 9.17) is 54.0 Å². The molecule has 1 aliphatic rings. The number of hydrazine groups is 1. The Balaban J connectivity index is 1.67. The Hall–Kier alpha value is -3.65. The molecule has 1 fully saturated rings. The van der Waals surface area contributed by atoms with E-state index >= 15 is 0 Å². The van der Waals surface area contributed by atoms with Crippen molar-refractivity contribution in [3.05, 3.63) is 47.7 Å². The van der Waals surface area contributed by atoms with E-state index in [-0.39, 0.29) is 6.54 Å². The standard InChI is InChI=1S/C38H52Cl3N5O8/c1-22(43-34(51)54-36(6,7)8)26-16-15-25-14-13-24(20-28(25)44-26)17-18-37(9,10)33(50)53-29(35(3,4)5)30(47)42-23(2)31(48)46-19-11-12-27(45-46)32(49)52-21-38(39,40)41/h13-18,20,22-23,27,29,45H,11-12,19,21H2,1-10H3,(H,42,47)(H,43,51)/b18-17+/t22-,23+,27+,29-/m1/s1. The Morgan fingerprint density at radius 1 is 0.981 bits per heavy atom. The Kier molecular flexibility index (Phi) is 14.8. The molecule has 0 saturated carbocycles. The summed E-state index contributed by atoms with van der Waals surface area (Å²) in [7, 11) is 0. The van der Waals surface area contributed by atoms with Crippen LogP contribution in [-0.2, 0) is 33.4 Å². The Morgan fingerprint density at radius 2 is 1.63 bits per heavy atom. The van der Waals surface area contributed by atoms with E-state index in [0.29, 0.717) is 24.1 Å².